The first kappa shape index (κ1) is 23.2. The van der Waals surface area contributed by atoms with Crippen LogP contribution in [0.5, 0.6) is 0 Å². The smallest absolute Gasteiger partial charge is 0.245 e. The number of likely N-dealkylation sites (N-methyl/N-ethyl adjacent to an activating group) is 1. The number of hydrogen-bond acceptors (Lipinski definition) is 3. The number of hydrogen-bond donors (Lipinski definition) is 1. The number of halogens is 1. The third kappa shape index (κ3) is 6.03. The van der Waals surface area contributed by atoms with Gasteiger partial charge in [-0.2, -0.15) is 5.10 Å². The van der Waals surface area contributed by atoms with Crippen molar-refractivity contribution < 1.29 is 14.0 Å². The fourth-order valence-electron chi connectivity index (χ4n) is 3.42. The molecule has 0 fully saturated rings. The molecule has 7 heteroatoms. The zero-order valence-corrected chi connectivity index (χ0v) is 18.6. The van der Waals surface area contributed by atoms with Crippen LogP contribution in [0.4, 0.5) is 10.2 Å². The van der Waals surface area contributed by atoms with E-state index < -0.39 is 0 Å². The monoisotopic (exact) mass is 436 g/mol. The molecule has 0 aliphatic heterocycles. The van der Waals surface area contributed by atoms with Crippen LogP contribution in [-0.2, 0) is 9.59 Å². The normalized spacial score (nSPS) is 10.7. The van der Waals surface area contributed by atoms with Gasteiger partial charge < -0.3 is 10.2 Å². The van der Waals surface area contributed by atoms with Crippen LogP contribution in [0.3, 0.4) is 0 Å². The number of rotatable bonds is 10. The highest BCUT2D eigenvalue weighted by molar-refractivity contribution is 5.94. The minimum absolute atomic E-state index is 0.0203. The van der Waals surface area contributed by atoms with Crippen molar-refractivity contribution in [1.29, 1.82) is 0 Å². The number of aromatic nitrogens is 2. The van der Waals surface area contributed by atoms with Gasteiger partial charge in [0.1, 0.15) is 11.6 Å². The Bertz CT molecular complexity index is 1030. The maximum atomic E-state index is 13.4. The predicted octanol–water partition coefficient (Wildman–Crippen LogP) is 5.05. The summed E-state index contributed by atoms with van der Waals surface area (Å²) in [5.74, 6) is -0.225. The molecule has 1 N–H and O–H groups in total. The van der Waals surface area contributed by atoms with E-state index in [1.807, 2.05) is 37.3 Å². The summed E-state index contributed by atoms with van der Waals surface area (Å²) < 4.78 is 15.0. The van der Waals surface area contributed by atoms with Crippen molar-refractivity contribution >= 4 is 17.6 Å². The number of benzene rings is 2. The van der Waals surface area contributed by atoms with Crippen LogP contribution >= 0.6 is 0 Å². The Balaban J connectivity index is 1.81. The average Bonchev–Trinajstić information content (AvgIpc) is 3.22. The van der Waals surface area contributed by atoms with Crippen LogP contribution in [0.25, 0.3) is 16.9 Å². The molecule has 0 unspecified atom stereocenters. The molecular weight excluding hydrogens is 407 g/mol. The highest BCUT2D eigenvalue weighted by Crippen LogP contribution is 2.25. The molecule has 0 radical (unpaired) electrons. The fraction of sp³-hybridized carbons (Fsp3) is 0.320. The first-order valence-corrected chi connectivity index (χ1v) is 11.0. The second-order valence-corrected chi connectivity index (χ2v) is 7.58. The van der Waals surface area contributed by atoms with Gasteiger partial charge in [0.05, 0.1) is 17.9 Å². The van der Waals surface area contributed by atoms with E-state index in [-0.39, 0.29) is 24.2 Å². The molecule has 0 atom stereocenters. The number of anilines is 1. The molecule has 168 valence electrons. The van der Waals surface area contributed by atoms with Gasteiger partial charge in [-0.1, -0.05) is 50.1 Å². The summed E-state index contributed by atoms with van der Waals surface area (Å²) in [6, 6.07) is 17.3. The summed E-state index contributed by atoms with van der Waals surface area (Å²) in [6.45, 7) is 4.38. The molecule has 3 aromatic rings. The van der Waals surface area contributed by atoms with Crippen LogP contribution in [0.15, 0.2) is 60.7 Å². The quantitative estimate of drug-likeness (QED) is 0.453. The van der Waals surface area contributed by atoms with Crippen molar-refractivity contribution in [2.45, 2.75) is 39.5 Å². The van der Waals surface area contributed by atoms with E-state index in [9.17, 15) is 14.0 Å². The van der Waals surface area contributed by atoms with Crippen LogP contribution in [-0.4, -0.2) is 39.6 Å². The summed E-state index contributed by atoms with van der Waals surface area (Å²) in [5, 5.41) is 7.49. The Morgan fingerprint density at radius 3 is 2.41 bits per heavy atom. The maximum absolute atomic E-state index is 13.4. The van der Waals surface area contributed by atoms with Crippen LogP contribution < -0.4 is 5.32 Å². The Morgan fingerprint density at radius 2 is 1.75 bits per heavy atom. The van der Waals surface area contributed by atoms with E-state index in [2.05, 4.69) is 17.3 Å². The lowest BCUT2D eigenvalue weighted by molar-refractivity contribution is -0.134. The highest BCUT2D eigenvalue weighted by Gasteiger charge is 2.18. The second-order valence-electron chi connectivity index (χ2n) is 7.58. The van der Waals surface area contributed by atoms with Gasteiger partial charge in [-0.05, 0) is 37.6 Å². The molecule has 6 nitrogen and oxygen atoms in total. The zero-order chi connectivity index (χ0) is 22.9. The first-order valence-electron chi connectivity index (χ1n) is 11.0. The van der Waals surface area contributed by atoms with Crippen molar-refractivity contribution in [2.75, 3.05) is 18.4 Å². The maximum Gasteiger partial charge on any atom is 0.245 e. The molecule has 32 heavy (non-hydrogen) atoms. The molecule has 0 saturated heterocycles. The highest BCUT2D eigenvalue weighted by atomic mass is 19.1. The lowest BCUT2D eigenvalue weighted by Crippen LogP contribution is -2.38. The SMILES string of the molecule is CCCCCC(=O)N(CC)CC(=O)Nc1cc(-c2ccccc2)nn1-c1ccc(F)cc1. The second kappa shape index (κ2) is 11.2. The molecule has 0 saturated carbocycles. The summed E-state index contributed by atoms with van der Waals surface area (Å²) in [7, 11) is 0. The van der Waals surface area contributed by atoms with Gasteiger partial charge in [-0.15, -0.1) is 0 Å². The van der Waals surface area contributed by atoms with E-state index in [1.54, 1.807) is 27.8 Å². The molecule has 0 spiro atoms. The molecule has 3 rings (SSSR count). The summed E-state index contributed by atoms with van der Waals surface area (Å²) in [4.78, 5) is 26.8. The molecule has 1 aromatic heterocycles. The predicted molar refractivity (Wildman–Crippen MR) is 124 cm³/mol. The Morgan fingerprint density at radius 1 is 1.03 bits per heavy atom. The molecule has 0 bridgehead atoms. The van der Waals surface area contributed by atoms with Crippen molar-refractivity contribution in [3.63, 3.8) is 0 Å². The van der Waals surface area contributed by atoms with E-state index in [0.717, 1.165) is 24.8 Å². The van der Waals surface area contributed by atoms with Gasteiger partial charge in [0.15, 0.2) is 0 Å². The van der Waals surface area contributed by atoms with Gasteiger partial charge in [-0.3, -0.25) is 9.59 Å². The van der Waals surface area contributed by atoms with Gasteiger partial charge in [-0.25, -0.2) is 9.07 Å². The molecule has 0 aliphatic rings. The number of amides is 2. The minimum atomic E-state index is -0.352. The van der Waals surface area contributed by atoms with Crippen molar-refractivity contribution in [3.05, 3.63) is 66.5 Å². The van der Waals surface area contributed by atoms with Gasteiger partial charge in [0.2, 0.25) is 11.8 Å². The summed E-state index contributed by atoms with van der Waals surface area (Å²) in [5.41, 5.74) is 2.19. The van der Waals surface area contributed by atoms with Crippen molar-refractivity contribution in [2.24, 2.45) is 0 Å². The topological polar surface area (TPSA) is 67.2 Å². The van der Waals surface area contributed by atoms with Gasteiger partial charge >= 0.3 is 0 Å². The molecule has 2 amide bonds. The third-order valence-electron chi connectivity index (χ3n) is 5.18. The van der Waals surface area contributed by atoms with Gasteiger partial charge in [0.25, 0.3) is 0 Å². The lowest BCUT2D eigenvalue weighted by Gasteiger charge is -2.20. The van der Waals surface area contributed by atoms with Crippen molar-refractivity contribution in [1.82, 2.24) is 14.7 Å². The van der Waals surface area contributed by atoms with E-state index in [0.29, 0.717) is 30.2 Å². The van der Waals surface area contributed by atoms with E-state index in [4.69, 9.17) is 0 Å². The Kier molecular flexibility index (Phi) is 8.14. The van der Waals surface area contributed by atoms with Crippen molar-refractivity contribution in [3.8, 4) is 16.9 Å². The first-order chi connectivity index (χ1) is 15.5. The van der Waals surface area contributed by atoms with Gasteiger partial charge in [0, 0.05) is 24.6 Å². The standard InChI is InChI=1S/C25H29FN4O2/c1-3-5-7-12-25(32)29(4-2)18-24(31)27-23-17-22(19-10-8-6-9-11-19)28-30(23)21-15-13-20(26)14-16-21/h6,8-11,13-17H,3-5,7,12,18H2,1-2H3,(H,27,31). The minimum Gasteiger partial charge on any atom is -0.334 e. The van der Waals surface area contributed by atoms with Crippen LogP contribution in [0, 0.1) is 5.82 Å². The number of nitrogens with one attached hydrogen (secondary N) is 1. The van der Waals surface area contributed by atoms with Crippen LogP contribution in [0.1, 0.15) is 39.5 Å². The molecular formula is C25H29FN4O2. The number of nitrogens with zero attached hydrogens (tertiary/aromatic N) is 3. The fourth-order valence-corrected chi connectivity index (χ4v) is 3.42. The number of carbonyl (C=O) groups is 2. The van der Waals surface area contributed by atoms with E-state index >= 15 is 0 Å². The summed E-state index contributed by atoms with van der Waals surface area (Å²) in [6.07, 6.45) is 3.30. The Hall–Kier alpha value is -3.48. The lowest BCUT2D eigenvalue weighted by atomic mass is 10.1. The average molecular weight is 437 g/mol. The molecule has 1 heterocycles. The number of carbonyl (C=O) groups excluding carboxylic acids is 2. The molecule has 0 aliphatic carbocycles. The molecule has 2 aromatic carbocycles. The third-order valence-corrected chi connectivity index (χ3v) is 5.18. The zero-order valence-electron chi connectivity index (χ0n) is 18.6. The van der Waals surface area contributed by atoms with E-state index in [1.165, 1.54) is 12.1 Å². The Labute approximate surface area is 188 Å². The van der Waals surface area contributed by atoms with Crippen LogP contribution in [0.2, 0.25) is 0 Å². The largest absolute Gasteiger partial charge is 0.334 e. The summed E-state index contributed by atoms with van der Waals surface area (Å²) >= 11 is 0. The number of unbranched alkanes of at least 4 members (excludes halogenated alkanes) is 2.